The molecular weight excluding hydrogens is 279 g/mol. The minimum absolute atomic E-state index is 0.224. The van der Waals surface area contributed by atoms with Gasteiger partial charge >= 0.3 is 6.18 Å². The maximum absolute atomic E-state index is 12.6. The summed E-state index contributed by atoms with van der Waals surface area (Å²) >= 11 is 0. The van der Waals surface area contributed by atoms with E-state index in [4.69, 9.17) is 0 Å². The van der Waals surface area contributed by atoms with E-state index in [9.17, 15) is 13.2 Å². The molecule has 0 aliphatic carbocycles. The number of guanidine groups is 1. The van der Waals surface area contributed by atoms with Gasteiger partial charge in [-0.25, -0.2) is 4.99 Å². The van der Waals surface area contributed by atoms with Crippen molar-refractivity contribution < 1.29 is 13.2 Å². The molecule has 1 rings (SSSR count). The number of alkyl halides is 3. The second-order valence-corrected chi connectivity index (χ2v) is 4.79. The van der Waals surface area contributed by atoms with Gasteiger partial charge in [0.15, 0.2) is 5.96 Å². The molecule has 114 valence electrons. The molecule has 0 atom stereocenters. The van der Waals surface area contributed by atoms with Crippen molar-refractivity contribution in [1.82, 2.24) is 9.80 Å². The lowest BCUT2D eigenvalue weighted by molar-refractivity contribution is -0.137. The number of hydrogen-bond donors (Lipinski definition) is 0. The van der Waals surface area contributed by atoms with E-state index in [1.165, 1.54) is 6.07 Å². The topological polar surface area (TPSA) is 18.8 Å². The highest BCUT2D eigenvalue weighted by Gasteiger charge is 2.30. The summed E-state index contributed by atoms with van der Waals surface area (Å²) in [7, 11) is 7.44. The molecule has 0 bridgehead atoms. The first-order chi connectivity index (χ1) is 9.71. The summed E-state index contributed by atoms with van der Waals surface area (Å²) < 4.78 is 37.7. The van der Waals surface area contributed by atoms with E-state index >= 15 is 0 Å². The van der Waals surface area contributed by atoms with Crippen molar-refractivity contribution in [3.63, 3.8) is 0 Å². The van der Waals surface area contributed by atoms with Crippen LogP contribution in [-0.2, 0) is 6.18 Å². The van der Waals surface area contributed by atoms with Gasteiger partial charge in [-0.05, 0) is 18.2 Å². The summed E-state index contributed by atoms with van der Waals surface area (Å²) in [5.41, 5.74) is -0.364. The quantitative estimate of drug-likeness (QED) is 0.451. The van der Waals surface area contributed by atoms with E-state index < -0.39 is 11.7 Å². The van der Waals surface area contributed by atoms with Crippen molar-refractivity contribution in [2.24, 2.45) is 4.99 Å². The molecule has 1 aromatic carbocycles. The summed E-state index contributed by atoms with van der Waals surface area (Å²) in [4.78, 5) is 7.96. The Kier molecular flexibility index (Phi) is 5.65. The highest BCUT2D eigenvalue weighted by Crippen LogP contribution is 2.29. The van der Waals surface area contributed by atoms with Gasteiger partial charge in [0.2, 0.25) is 0 Å². The van der Waals surface area contributed by atoms with Crippen LogP contribution in [0.3, 0.4) is 0 Å². The maximum Gasteiger partial charge on any atom is 0.416 e. The molecule has 0 unspecified atom stereocenters. The Labute approximate surface area is 123 Å². The van der Waals surface area contributed by atoms with E-state index in [2.05, 4.69) is 16.8 Å². The number of hydrogen-bond acceptors (Lipinski definition) is 1. The minimum atomic E-state index is -4.35. The predicted octanol–water partition coefficient (Wildman–Crippen LogP) is 2.54. The smallest absolute Gasteiger partial charge is 0.349 e. The van der Waals surface area contributed by atoms with Crippen molar-refractivity contribution >= 4 is 5.96 Å². The van der Waals surface area contributed by atoms with Crippen LogP contribution >= 0.6 is 0 Å². The zero-order valence-electron chi connectivity index (χ0n) is 12.5. The normalized spacial score (nSPS) is 10.4. The van der Waals surface area contributed by atoms with Gasteiger partial charge in [0.05, 0.1) is 5.56 Å². The van der Waals surface area contributed by atoms with Crippen LogP contribution in [-0.4, -0.2) is 50.5 Å². The van der Waals surface area contributed by atoms with Crippen LogP contribution < -0.4 is 0 Å². The Morgan fingerprint density at radius 1 is 1.14 bits per heavy atom. The molecule has 0 heterocycles. The fourth-order valence-electron chi connectivity index (χ4n) is 1.71. The molecule has 0 spiro atoms. The number of nitrogens with zero attached hydrogens (tertiary/aromatic N) is 3. The Morgan fingerprint density at radius 2 is 1.76 bits per heavy atom. The number of aliphatic imine (C=N–C) groups is 1. The Morgan fingerprint density at radius 3 is 2.29 bits per heavy atom. The molecule has 0 saturated carbocycles. The van der Waals surface area contributed by atoms with E-state index in [1.54, 1.807) is 6.07 Å². The number of halogens is 3. The van der Waals surface area contributed by atoms with Crippen molar-refractivity contribution in [3.05, 3.63) is 35.4 Å². The van der Waals surface area contributed by atoms with Gasteiger partial charge in [0.1, 0.15) is 6.54 Å². The van der Waals surface area contributed by atoms with E-state index in [1.807, 2.05) is 38.0 Å². The molecule has 0 aliphatic rings. The molecule has 0 radical (unpaired) electrons. The zero-order chi connectivity index (χ0) is 16.0. The zero-order valence-corrected chi connectivity index (χ0v) is 12.5. The average Bonchev–Trinajstić information content (AvgIpc) is 2.37. The Bertz CT molecular complexity index is 554. The molecule has 0 aromatic heterocycles. The Hall–Kier alpha value is -2.16. The second kappa shape index (κ2) is 7.02. The summed E-state index contributed by atoms with van der Waals surface area (Å²) in [6.45, 7) is 0.224. The summed E-state index contributed by atoms with van der Waals surface area (Å²) in [6, 6.07) is 4.96. The fourth-order valence-corrected chi connectivity index (χ4v) is 1.71. The highest BCUT2D eigenvalue weighted by molar-refractivity contribution is 5.79. The summed E-state index contributed by atoms with van der Waals surface area (Å²) in [5, 5.41) is 0. The molecule has 0 saturated heterocycles. The average molecular weight is 297 g/mol. The van der Waals surface area contributed by atoms with Crippen LogP contribution in [0.2, 0.25) is 0 Å². The molecule has 0 aliphatic heterocycles. The van der Waals surface area contributed by atoms with Crippen LogP contribution in [0.25, 0.3) is 0 Å². The minimum Gasteiger partial charge on any atom is -0.349 e. The van der Waals surface area contributed by atoms with Gasteiger partial charge < -0.3 is 9.80 Å². The lowest BCUT2D eigenvalue weighted by atomic mass is 10.1. The third-order valence-corrected chi connectivity index (χ3v) is 2.52. The molecule has 6 heteroatoms. The van der Waals surface area contributed by atoms with E-state index in [0.717, 1.165) is 18.1 Å². The molecule has 3 nitrogen and oxygen atoms in total. The molecule has 21 heavy (non-hydrogen) atoms. The van der Waals surface area contributed by atoms with Crippen molar-refractivity contribution in [3.8, 4) is 11.8 Å². The van der Waals surface area contributed by atoms with Crippen LogP contribution in [0.1, 0.15) is 11.1 Å². The van der Waals surface area contributed by atoms with Crippen LogP contribution in [0.5, 0.6) is 0 Å². The second-order valence-electron chi connectivity index (χ2n) is 4.79. The number of rotatable bonds is 1. The predicted molar refractivity (Wildman–Crippen MR) is 78.0 cm³/mol. The summed E-state index contributed by atoms with van der Waals surface area (Å²) in [6.07, 6.45) is -4.35. The first kappa shape index (κ1) is 16.9. The molecule has 0 N–H and O–H groups in total. The van der Waals surface area contributed by atoms with E-state index in [-0.39, 0.29) is 6.54 Å². The largest absolute Gasteiger partial charge is 0.416 e. The number of benzene rings is 1. The SMILES string of the molecule is CN(C)C(=NCC#Cc1cccc(C(F)(F)F)c1)N(C)C. The highest BCUT2D eigenvalue weighted by atomic mass is 19.4. The van der Waals surface area contributed by atoms with Crippen molar-refractivity contribution in [1.29, 1.82) is 0 Å². The molecule has 1 aromatic rings. The first-order valence-electron chi connectivity index (χ1n) is 6.27. The van der Waals surface area contributed by atoms with Gasteiger partial charge in [-0.15, -0.1) is 0 Å². The third-order valence-electron chi connectivity index (χ3n) is 2.52. The third kappa shape index (κ3) is 5.38. The fraction of sp³-hybridized carbons (Fsp3) is 0.400. The van der Waals surface area contributed by atoms with Crippen molar-refractivity contribution in [2.45, 2.75) is 6.18 Å². The van der Waals surface area contributed by atoms with Gasteiger partial charge in [0.25, 0.3) is 0 Å². The molecule has 0 amide bonds. The molecule has 0 fully saturated rings. The molecular formula is C15H18F3N3. The lowest BCUT2D eigenvalue weighted by Crippen LogP contribution is -2.35. The van der Waals surface area contributed by atoms with Gasteiger partial charge in [0, 0.05) is 33.8 Å². The van der Waals surface area contributed by atoms with Gasteiger partial charge in [-0.3, -0.25) is 0 Å². The van der Waals surface area contributed by atoms with Crippen molar-refractivity contribution in [2.75, 3.05) is 34.7 Å². The van der Waals surface area contributed by atoms with Crippen LogP contribution in [0.4, 0.5) is 13.2 Å². The maximum atomic E-state index is 12.6. The van der Waals surface area contributed by atoms with E-state index in [0.29, 0.717) is 5.56 Å². The lowest BCUT2D eigenvalue weighted by Gasteiger charge is -2.22. The van der Waals surface area contributed by atoms with Gasteiger partial charge in [-0.1, -0.05) is 17.9 Å². The van der Waals surface area contributed by atoms with Crippen LogP contribution in [0.15, 0.2) is 29.3 Å². The van der Waals surface area contributed by atoms with Crippen LogP contribution in [0, 0.1) is 11.8 Å². The Balaban J connectivity index is 2.82. The standard InChI is InChI=1S/C15H18F3N3/c1-20(2)14(21(3)4)19-10-6-8-12-7-5-9-13(11-12)15(16,17)18/h5,7,9,11H,10H2,1-4H3. The first-order valence-corrected chi connectivity index (χ1v) is 6.27. The summed E-state index contributed by atoms with van der Waals surface area (Å²) in [5.74, 6) is 6.20. The monoisotopic (exact) mass is 297 g/mol. The van der Waals surface area contributed by atoms with Gasteiger partial charge in [-0.2, -0.15) is 13.2 Å².